The van der Waals surface area contributed by atoms with E-state index in [4.69, 9.17) is 4.74 Å². The van der Waals surface area contributed by atoms with E-state index in [0.717, 1.165) is 16.0 Å². The van der Waals surface area contributed by atoms with Crippen LogP contribution in [0.25, 0.3) is 0 Å². The Hall–Kier alpha value is -2.47. The summed E-state index contributed by atoms with van der Waals surface area (Å²) in [6.45, 7) is 5.91. The molecule has 2 aromatic rings. The zero-order valence-electron chi connectivity index (χ0n) is 15.5. The van der Waals surface area contributed by atoms with E-state index >= 15 is 0 Å². The molecule has 0 aromatic heterocycles. The number of hydrogen-bond donors (Lipinski definition) is 2. The maximum atomic E-state index is 12.1. The summed E-state index contributed by atoms with van der Waals surface area (Å²) in [5.41, 5.74) is 3.94. The number of aryl methyl sites for hydroxylation is 3. The lowest BCUT2D eigenvalue weighted by atomic mass is 10.2. The van der Waals surface area contributed by atoms with Crippen LogP contribution in [0.2, 0.25) is 0 Å². The van der Waals surface area contributed by atoms with Crippen molar-refractivity contribution >= 4 is 29.3 Å². The zero-order valence-corrected chi connectivity index (χ0v) is 16.3. The molecule has 0 saturated heterocycles. The molecule has 2 amide bonds. The highest BCUT2D eigenvalue weighted by Gasteiger charge is 2.10. The van der Waals surface area contributed by atoms with Gasteiger partial charge in [0.2, 0.25) is 11.8 Å². The van der Waals surface area contributed by atoms with Gasteiger partial charge < -0.3 is 15.4 Å². The van der Waals surface area contributed by atoms with E-state index < -0.39 is 0 Å². The quantitative estimate of drug-likeness (QED) is 0.731. The Morgan fingerprint density at radius 1 is 1.00 bits per heavy atom. The van der Waals surface area contributed by atoms with Crippen LogP contribution in [-0.2, 0) is 9.59 Å². The van der Waals surface area contributed by atoms with Crippen LogP contribution in [0.3, 0.4) is 0 Å². The molecule has 0 atom stereocenters. The van der Waals surface area contributed by atoms with E-state index in [1.807, 2.05) is 45.0 Å². The van der Waals surface area contributed by atoms with Gasteiger partial charge in [-0.2, -0.15) is 0 Å². The highest BCUT2D eigenvalue weighted by atomic mass is 32.2. The fraction of sp³-hybridized carbons (Fsp3) is 0.300. The third kappa shape index (κ3) is 5.81. The highest BCUT2D eigenvalue weighted by molar-refractivity contribution is 8.00. The molecule has 5 nitrogen and oxygen atoms in total. The maximum absolute atomic E-state index is 12.1. The number of thioether (sulfide) groups is 1. The molecule has 2 N–H and O–H groups in total. The van der Waals surface area contributed by atoms with E-state index in [1.54, 1.807) is 13.2 Å². The summed E-state index contributed by atoms with van der Waals surface area (Å²) in [5, 5.41) is 5.40. The average molecular weight is 372 g/mol. The topological polar surface area (TPSA) is 67.4 Å². The largest absolute Gasteiger partial charge is 0.495 e. The molecule has 0 bridgehead atoms. The van der Waals surface area contributed by atoms with Crippen LogP contribution >= 0.6 is 11.8 Å². The first-order valence-electron chi connectivity index (χ1n) is 8.30. The second-order valence-corrected chi connectivity index (χ2v) is 7.10. The van der Waals surface area contributed by atoms with Gasteiger partial charge in [0.25, 0.3) is 0 Å². The van der Waals surface area contributed by atoms with Gasteiger partial charge in [0.05, 0.1) is 25.1 Å². The number of benzene rings is 2. The third-order valence-electron chi connectivity index (χ3n) is 3.76. The van der Waals surface area contributed by atoms with Gasteiger partial charge >= 0.3 is 0 Å². The Kier molecular flexibility index (Phi) is 7.09. The van der Waals surface area contributed by atoms with Gasteiger partial charge in [0.15, 0.2) is 0 Å². The summed E-state index contributed by atoms with van der Waals surface area (Å²) in [4.78, 5) is 25.1. The normalized spacial score (nSPS) is 10.3. The Balaban J connectivity index is 1.81. The Morgan fingerprint density at radius 2 is 1.69 bits per heavy atom. The number of rotatable bonds is 7. The summed E-state index contributed by atoms with van der Waals surface area (Å²) in [6, 6.07) is 11.7. The summed E-state index contributed by atoms with van der Waals surface area (Å²) in [7, 11) is 1.55. The number of nitrogens with one attached hydrogen (secondary N) is 2. The molecule has 0 fully saturated rings. The van der Waals surface area contributed by atoms with Crippen LogP contribution in [0, 0.1) is 20.8 Å². The summed E-state index contributed by atoms with van der Waals surface area (Å²) in [5.74, 6) is 0.381. The van der Waals surface area contributed by atoms with Gasteiger partial charge in [-0.25, -0.2) is 0 Å². The number of anilines is 1. The second-order valence-electron chi connectivity index (χ2n) is 6.09. The molecular formula is C20H24N2O3S. The van der Waals surface area contributed by atoms with Gasteiger partial charge in [-0.05, 0) is 50.1 Å². The Bertz CT molecular complexity index is 806. The van der Waals surface area contributed by atoms with Crippen LogP contribution in [0.4, 0.5) is 5.69 Å². The monoisotopic (exact) mass is 372 g/mol. The molecule has 26 heavy (non-hydrogen) atoms. The number of hydrogen-bond acceptors (Lipinski definition) is 4. The third-order valence-corrected chi connectivity index (χ3v) is 4.94. The predicted octanol–water partition coefficient (Wildman–Crippen LogP) is 3.47. The maximum Gasteiger partial charge on any atom is 0.243 e. The van der Waals surface area contributed by atoms with Gasteiger partial charge in [-0.1, -0.05) is 23.8 Å². The van der Waals surface area contributed by atoms with Crippen molar-refractivity contribution in [2.75, 3.05) is 24.7 Å². The van der Waals surface area contributed by atoms with Crippen molar-refractivity contribution in [2.45, 2.75) is 25.7 Å². The number of ether oxygens (including phenoxy) is 1. The second kappa shape index (κ2) is 9.29. The highest BCUT2D eigenvalue weighted by Crippen LogP contribution is 2.25. The van der Waals surface area contributed by atoms with Gasteiger partial charge in [-0.15, -0.1) is 11.8 Å². The molecule has 0 aliphatic heterocycles. The molecule has 0 aliphatic carbocycles. The molecule has 0 heterocycles. The smallest absolute Gasteiger partial charge is 0.243 e. The van der Waals surface area contributed by atoms with E-state index in [-0.39, 0.29) is 24.1 Å². The fourth-order valence-corrected chi connectivity index (χ4v) is 3.29. The van der Waals surface area contributed by atoms with Crippen LogP contribution < -0.4 is 15.4 Å². The van der Waals surface area contributed by atoms with Crippen molar-refractivity contribution in [1.29, 1.82) is 0 Å². The van der Waals surface area contributed by atoms with Crippen molar-refractivity contribution in [2.24, 2.45) is 0 Å². The number of amides is 2. The van der Waals surface area contributed by atoms with Gasteiger partial charge in [-0.3, -0.25) is 9.59 Å². The zero-order chi connectivity index (χ0) is 19.1. The van der Waals surface area contributed by atoms with Crippen molar-refractivity contribution in [3.05, 3.63) is 53.1 Å². The minimum atomic E-state index is -0.293. The van der Waals surface area contributed by atoms with E-state index in [2.05, 4.69) is 16.7 Å². The molecule has 0 saturated carbocycles. The summed E-state index contributed by atoms with van der Waals surface area (Å²) >= 11 is 1.46. The van der Waals surface area contributed by atoms with E-state index in [0.29, 0.717) is 11.4 Å². The summed E-state index contributed by atoms with van der Waals surface area (Å²) < 4.78 is 5.23. The number of carbonyl (C=O) groups is 2. The molecule has 2 rings (SSSR count). The van der Waals surface area contributed by atoms with Crippen molar-refractivity contribution in [3.63, 3.8) is 0 Å². The first-order chi connectivity index (χ1) is 12.4. The van der Waals surface area contributed by atoms with Gasteiger partial charge in [0.1, 0.15) is 5.75 Å². The molecule has 0 spiro atoms. The Labute approximate surface area is 158 Å². The van der Waals surface area contributed by atoms with Crippen molar-refractivity contribution in [1.82, 2.24) is 5.32 Å². The fourth-order valence-electron chi connectivity index (χ4n) is 2.45. The summed E-state index contributed by atoms with van der Waals surface area (Å²) in [6.07, 6.45) is 0. The Morgan fingerprint density at radius 3 is 2.38 bits per heavy atom. The van der Waals surface area contributed by atoms with Crippen LogP contribution in [-0.4, -0.2) is 31.2 Å². The average Bonchev–Trinajstić information content (AvgIpc) is 2.59. The molecular weight excluding hydrogens is 348 g/mol. The van der Waals surface area contributed by atoms with Crippen LogP contribution in [0.1, 0.15) is 16.7 Å². The minimum Gasteiger partial charge on any atom is -0.495 e. The molecule has 0 aliphatic rings. The number of carbonyl (C=O) groups excluding carboxylic acids is 2. The van der Waals surface area contributed by atoms with E-state index in [1.165, 1.54) is 17.3 Å². The molecule has 138 valence electrons. The van der Waals surface area contributed by atoms with Crippen molar-refractivity contribution < 1.29 is 14.3 Å². The first kappa shape index (κ1) is 19.8. The SMILES string of the molecule is COc1ccc(C)cc1NC(=O)CNC(=O)CSc1ccc(C)cc1C. The van der Waals surface area contributed by atoms with Crippen LogP contribution in [0.15, 0.2) is 41.3 Å². The molecule has 2 aromatic carbocycles. The molecule has 0 unspecified atom stereocenters. The van der Waals surface area contributed by atoms with Crippen LogP contribution in [0.5, 0.6) is 5.75 Å². The lowest BCUT2D eigenvalue weighted by Gasteiger charge is -2.11. The molecule has 6 heteroatoms. The lowest BCUT2D eigenvalue weighted by molar-refractivity contribution is -0.122. The number of methoxy groups -OCH3 is 1. The standard InChI is InChI=1S/C20H24N2O3S/c1-13-6-8-18(15(3)9-13)26-12-20(24)21-11-19(23)22-16-10-14(2)5-7-17(16)25-4/h5-10H,11-12H2,1-4H3,(H,21,24)(H,22,23). The van der Waals surface area contributed by atoms with Gasteiger partial charge in [0, 0.05) is 4.90 Å². The first-order valence-corrected chi connectivity index (χ1v) is 9.29. The lowest BCUT2D eigenvalue weighted by Crippen LogP contribution is -2.34. The minimum absolute atomic E-state index is 0.0800. The molecule has 0 radical (unpaired) electrons. The van der Waals surface area contributed by atoms with E-state index in [9.17, 15) is 9.59 Å². The van der Waals surface area contributed by atoms with Crippen molar-refractivity contribution in [3.8, 4) is 5.75 Å². The predicted molar refractivity (Wildman–Crippen MR) is 106 cm³/mol.